The second kappa shape index (κ2) is 2.84. The quantitative estimate of drug-likeness (QED) is 0.654. The molecule has 1 amide bonds. The number of carbonyl (C=O) groups excluding carboxylic acids is 1. The van der Waals surface area contributed by atoms with Gasteiger partial charge in [-0.15, -0.1) is 0 Å². The predicted molar refractivity (Wildman–Crippen MR) is 54.0 cm³/mol. The van der Waals surface area contributed by atoms with Crippen molar-refractivity contribution in [2.45, 2.75) is 18.8 Å². The van der Waals surface area contributed by atoms with E-state index in [1.54, 1.807) is 0 Å². The summed E-state index contributed by atoms with van der Waals surface area (Å²) in [6.07, 6.45) is 2.08. The third kappa shape index (κ3) is 0.999. The maximum atomic E-state index is 11.5. The van der Waals surface area contributed by atoms with Crippen molar-refractivity contribution in [2.75, 3.05) is 6.54 Å². The monoisotopic (exact) mass is 187 g/mol. The van der Waals surface area contributed by atoms with Crippen LogP contribution in [0, 0.1) is 5.92 Å². The van der Waals surface area contributed by atoms with Gasteiger partial charge < -0.3 is 5.32 Å². The Balaban J connectivity index is 2.07. The average molecular weight is 187 g/mol. The van der Waals surface area contributed by atoms with Crippen LogP contribution in [0.2, 0.25) is 0 Å². The molecule has 2 heteroatoms. The van der Waals surface area contributed by atoms with Gasteiger partial charge in [0.15, 0.2) is 0 Å². The van der Waals surface area contributed by atoms with Crippen LogP contribution in [0.15, 0.2) is 24.3 Å². The average Bonchev–Trinajstić information content (AvgIpc) is 2.61. The van der Waals surface area contributed by atoms with Crippen LogP contribution in [-0.2, 0) is 11.2 Å². The van der Waals surface area contributed by atoms with E-state index in [1.165, 1.54) is 11.1 Å². The van der Waals surface area contributed by atoms with Crippen LogP contribution in [-0.4, -0.2) is 12.5 Å². The van der Waals surface area contributed by atoms with Crippen molar-refractivity contribution in [3.05, 3.63) is 35.4 Å². The first-order valence-corrected chi connectivity index (χ1v) is 5.22. The molecule has 1 saturated heterocycles. The summed E-state index contributed by atoms with van der Waals surface area (Å²) < 4.78 is 0. The van der Waals surface area contributed by atoms with Gasteiger partial charge in [-0.1, -0.05) is 24.3 Å². The molecule has 1 fully saturated rings. The number of carbonyl (C=O) groups is 1. The normalized spacial score (nSPS) is 29.3. The second-order valence-corrected chi connectivity index (χ2v) is 4.20. The molecule has 2 aliphatic rings. The molecule has 0 aromatic heterocycles. The maximum Gasteiger partial charge on any atom is 0.223 e. The Bertz CT molecular complexity index is 386. The van der Waals surface area contributed by atoms with Gasteiger partial charge in [-0.2, -0.15) is 0 Å². The molecule has 0 saturated carbocycles. The topological polar surface area (TPSA) is 29.1 Å². The molecular formula is C12H13NO. The highest BCUT2D eigenvalue weighted by Crippen LogP contribution is 2.38. The van der Waals surface area contributed by atoms with Crippen LogP contribution in [0.5, 0.6) is 0 Å². The third-order valence-electron chi connectivity index (χ3n) is 3.50. The molecule has 1 aromatic rings. The Hall–Kier alpha value is -1.31. The van der Waals surface area contributed by atoms with E-state index in [0.717, 1.165) is 19.4 Å². The molecule has 3 rings (SSSR count). The van der Waals surface area contributed by atoms with Crippen molar-refractivity contribution in [3.8, 4) is 0 Å². The van der Waals surface area contributed by atoms with Crippen LogP contribution >= 0.6 is 0 Å². The fourth-order valence-corrected chi connectivity index (χ4v) is 2.76. The summed E-state index contributed by atoms with van der Waals surface area (Å²) >= 11 is 0. The lowest BCUT2D eigenvalue weighted by atomic mass is 9.77. The highest BCUT2D eigenvalue weighted by Gasteiger charge is 2.38. The van der Waals surface area contributed by atoms with Gasteiger partial charge in [0.05, 0.1) is 0 Å². The Morgan fingerprint density at radius 3 is 3.00 bits per heavy atom. The highest BCUT2D eigenvalue weighted by molar-refractivity contribution is 5.82. The minimum atomic E-state index is 0.241. The van der Waals surface area contributed by atoms with Crippen LogP contribution < -0.4 is 5.32 Å². The van der Waals surface area contributed by atoms with E-state index in [9.17, 15) is 4.79 Å². The minimum Gasteiger partial charge on any atom is -0.355 e. The highest BCUT2D eigenvalue weighted by atomic mass is 16.2. The predicted octanol–water partition coefficient (Wildman–Crippen LogP) is 1.46. The maximum absolute atomic E-state index is 11.5. The molecule has 1 aromatic carbocycles. The molecule has 2 nitrogen and oxygen atoms in total. The fourth-order valence-electron chi connectivity index (χ4n) is 2.76. The molecule has 1 aliphatic carbocycles. The number of fused-ring (bicyclic) bond motifs is 3. The van der Waals surface area contributed by atoms with Crippen LogP contribution in [0.4, 0.5) is 0 Å². The number of rotatable bonds is 0. The van der Waals surface area contributed by atoms with E-state index >= 15 is 0 Å². The van der Waals surface area contributed by atoms with E-state index in [2.05, 4.69) is 29.6 Å². The Morgan fingerprint density at radius 1 is 1.21 bits per heavy atom. The zero-order valence-electron chi connectivity index (χ0n) is 7.99. The van der Waals surface area contributed by atoms with Crippen LogP contribution in [0.25, 0.3) is 0 Å². The molecule has 0 unspecified atom stereocenters. The number of aryl methyl sites for hydroxylation is 1. The van der Waals surface area contributed by atoms with E-state index in [0.29, 0.717) is 5.92 Å². The number of hydrogen-bond acceptors (Lipinski definition) is 1. The van der Waals surface area contributed by atoms with Gasteiger partial charge in [0.1, 0.15) is 0 Å². The Labute approximate surface area is 83.3 Å². The lowest BCUT2D eigenvalue weighted by molar-refractivity contribution is -0.122. The SMILES string of the molecule is O=C1NC[C@H]2c3ccccc3CC[C@@H]12. The van der Waals surface area contributed by atoms with Crippen molar-refractivity contribution in [2.24, 2.45) is 5.92 Å². The van der Waals surface area contributed by atoms with Gasteiger partial charge in [0.25, 0.3) is 0 Å². The number of amides is 1. The molecule has 0 radical (unpaired) electrons. The van der Waals surface area contributed by atoms with Crippen molar-refractivity contribution >= 4 is 5.91 Å². The lowest BCUT2D eigenvalue weighted by Gasteiger charge is -2.25. The fraction of sp³-hybridized carbons (Fsp3) is 0.417. The molecule has 1 heterocycles. The first kappa shape index (κ1) is 8.04. The van der Waals surface area contributed by atoms with Gasteiger partial charge in [0.2, 0.25) is 5.91 Å². The number of hydrogen-bond donors (Lipinski definition) is 1. The Morgan fingerprint density at radius 2 is 2.07 bits per heavy atom. The van der Waals surface area contributed by atoms with Crippen molar-refractivity contribution < 1.29 is 4.79 Å². The zero-order chi connectivity index (χ0) is 9.54. The van der Waals surface area contributed by atoms with Crippen LogP contribution in [0.1, 0.15) is 23.5 Å². The summed E-state index contributed by atoms with van der Waals surface area (Å²) in [6.45, 7) is 0.834. The second-order valence-electron chi connectivity index (χ2n) is 4.20. The summed E-state index contributed by atoms with van der Waals surface area (Å²) in [5.74, 6) is 0.932. The summed E-state index contributed by atoms with van der Waals surface area (Å²) in [6, 6.07) is 8.52. The van der Waals surface area contributed by atoms with E-state index in [-0.39, 0.29) is 11.8 Å². The van der Waals surface area contributed by atoms with E-state index in [1.807, 2.05) is 0 Å². The molecule has 0 bridgehead atoms. The van der Waals surface area contributed by atoms with Crippen molar-refractivity contribution in [1.29, 1.82) is 0 Å². The first-order valence-electron chi connectivity index (χ1n) is 5.22. The molecule has 14 heavy (non-hydrogen) atoms. The molecule has 1 aliphatic heterocycles. The van der Waals surface area contributed by atoms with E-state index < -0.39 is 0 Å². The lowest BCUT2D eigenvalue weighted by Crippen LogP contribution is -2.22. The summed E-state index contributed by atoms with van der Waals surface area (Å²) in [5, 5.41) is 2.96. The number of benzene rings is 1. The van der Waals surface area contributed by atoms with Gasteiger partial charge in [-0.05, 0) is 24.0 Å². The zero-order valence-corrected chi connectivity index (χ0v) is 7.99. The summed E-state index contributed by atoms with van der Waals surface area (Å²) in [4.78, 5) is 11.5. The summed E-state index contributed by atoms with van der Waals surface area (Å²) in [7, 11) is 0. The molecule has 72 valence electrons. The minimum absolute atomic E-state index is 0.241. The largest absolute Gasteiger partial charge is 0.355 e. The van der Waals surface area contributed by atoms with Crippen molar-refractivity contribution in [1.82, 2.24) is 5.32 Å². The first-order chi connectivity index (χ1) is 6.86. The van der Waals surface area contributed by atoms with Gasteiger partial charge in [-0.25, -0.2) is 0 Å². The Kier molecular flexibility index (Phi) is 1.63. The van der Waals surface area contributed by atoms with Gasteiger partial charge in [-0.3, -0.25) is 4.79 Å². The molecule has 1 N–H and O–H groups in total. The molecule has 2 atom stereocenters. The van der Waals surface area contributed by atoms with Crippen molar-refractivity contribution in [3.63, 3.8) is 0 Å². The molecular weight excluding hydrogens is 174 g/mol. The standard InChI is InChI=1S/C12H13NO/c14-12-10-6-5-8-3-1-2-4-9(8)11(10)7-13-12/h1-4,10-11H,5-7H2,(H,13,14)/t10-,11+/m1/s1. The summed E-state index contributed by atoms with van der Waals surface area (Å²) in [5.41, 5.74) is 2.83. The number of nitrogens with one attached hydrogen (secondary N) is 1. The molecule has 0 spiro atoms. The van der Waals surface area contributed by atoms with Crippen LogP contribution in [0.3, 0.4) is 0 Å². The van der Waals surface area contributed by atoms with E-state index in [4.69, 9.17) is 0 Å². The van der Waals surface area contributed by atoms with Gasteiger partial charge >= 0.3 is 0 Å². The third-order valence-corrected chi connectivity index (χ3v) is 3.50. The van der Waals surface area contributed by atoms with Gasteiger partial charge in [0, 0.05) is 18.4 Å². The smallest absolute Gasteiger partial charge is 0.223 e.